The molecule has 3 aromatic carbocycles. The zero-order chi connectivity index (χ0) is 28.4. The quantitative estimate of drug-likeness (QED) is 0.322. The van der Waals surface area contributed by atoms with E-state index in [9.17, 15) is 0 Å². The third kappa shape index (κ3) is 3.67. The third-order valence-electron chi connectivity index (χ3n) is 10.5. The summed E-state index contributed by atoms with van der Waals surface area (Å²) < 4.78 is 0. The fourth-order valence-electron chi connectivity index (χ4n) is 8.68. The van der Waals surface area contributed by atoms with E-state index in [1.807, 2.05) is 0 Å². The summed E-state index contributed by atoms with van der Waals surface area (Å²) in [6.07, 6.45) is 23.4. The second-order valence-electron chi connectivity index (χ2n) is 12.7. The van der Waals surface area contributed by atoms with Crippen LogP contribution in [0.2, 0.25) is 0 Å². The number of benzene rings is 3. The highest BCUT2D eigenvalue weighted by molar-refractivity contribution is 6.13. The Bertz CT molecular complexity index is 1860. The monoisotopic (exact) mass is 557 g/mol. The number of hydrogen-bond donors (Lipinski definition) is 1. The maximum Gasteiger partial charge on any atom is 0.159 e. The normalized spacial score (nSPS) is 28.0. The molecule has 9 rings (SSSR count). The Morgan fingerprint density at radius 3 is 2.58 bits per heavy atom. The van der Waals surface area contributed by atoms with Gasteiger partial charge in [-0.1, -0.05) is 109 Å². The molecule has 0 amide bonds. The van der Waals surface area contributed by atoms with Crippen molar-refractivity contribution < 1.29 is 0 Å². The predicted octanol–water partition coefficient (Wildman–Crippen LogP) is 8.55. The maximum absolute atomic E-state index is 5.31. The molecule has 3 aromatic rings. The minimum absolute atomic E-state index is 0.0799. The molecule has 4 unspecified atom stereocenters. The van der Waals surface area contributed by atoms with Gasteiger partial charge >= 0.3 is 0 Å². The average Bonchev–Trinajstić information content (AvgIpc) is 3.56. The Labute approximate surface area is 253 Å². The summed E-state index contributed by atoms with van der Waals surface area (Å²) in [5.74, 6) is 2.46. The van der Waals surface area contributed by atoms with Gasteiger partial charge in [0, 0.05) is 23.0 Å². The molecule has 3 nitrogen and oxygen atoms in total. The Balaban J connectivity index is 1.25. The molecule has 0 saturated carbocycles. The van der Waals surface area contributed by atoms with E-state index >= 15 is 0 Å². The van der Waals surface area contributed by atoms with Gasteiger partial charge in [-0.15, -0.1) is 0 Å². The molecule has 210 valence electrons. The summed E-state index contributed by atoms with van der Waals surface area (Å²) in [6, 6.07) is 26.8. The first-order valence-corrected chi connectivity index (χ1v) is 16.0. The van der Waals surface area contributed by atoms with Crippen molar-refractivity contribution in [3.05, 3.63) is 160 Å². The topological polar surface area (TPSA) is 36.8 Å². The van der Waals surface area contributed by atoms with Crippen LogP contribution >= 0.6 is 0 Å². The van der Waals surface area contributed by atoms with Crippen LogP contribution in [0.3, 0.4) is 0 Å². The molecule has 0 bridgehead atoms. The number of rotatable bonds is 3. The number of fused-ring (bicyclic) bond motifs is 9. The van der Waals surface area contributed by atoms with E-state index in [1.54, 1.807) is 5.57 Å². The summed E-state index contributed by atoms with van der Waals surface area (Å²) >= 11 is 0. The fraction of sp³-hybridized carbons (Fsp3) is 0.250. The van der Waals surface area contributed by atoms with Crippen molar-refractivity contribution in [2.45, 2.75) is 56.0 Å². The van der Waals surface area contributed by atoms with Crippen molar-refractivity contribution in [2.75, 3.05) is 0 Å². The lowest BCUT2D eigenvalue weighted by Gasteiger charge is -2.38. The summed E-state index contributed by atoms with van der Waals surface area (Å²) in [5, 5.41) is 3.69. The number of nitrogens with zero attached hydrogens (tertiary/aromatic N) is 2. The second kappa shape index (κ2) is 9.77. The smallest absolute Gasteiger partial charge is 0.159 e. The molecular formula is C40H35N3. The van der Waals surface area contributed by atoms with Crippen molar-refractivity contribution in [3.63, 3.8) is 0 Å². The van der Waals surface area contributed by atoms with Gasteiger partial charge in [0.05, 0.1) is 5.41 Å². The van der Waals surface area contributed by atoms with Crippen LogP contribution in [0.15, 0.2) is 136 Å². The van der Waals surface area contributed by atoms with Gasteiger partial charge in [0.2, 0.25) is 0 Å². The lowest BCUT2D eigenvalue weighted by Crippen LogP contribution is -2.40. The van der Waals surface area contributed by atoms with Crippen LogP contribution in [0.1, 0.15) is 77.8 Å². The van der Waals surface area contributed by atoms with Crippen LogP contribution in [0.5, 0.6) is 0 Å². The fourth-order valence-corrected chi connectivity index (χ4v) is 8.68. The molecule has 43 heavy (non-hydrogen) atoms. The largest absolute Gasteiger partial charge is 0.344 e. The first kappa shape index (κ1) is 25.0. The number of aliphatic imine (C=N–C) groups is 2. The Morgan fingerprint density at radius 2 is 1.67 bits per heavy atom. The number of allylic oxidation sites excluding steroid dienone is 9. The van der Waals surface area contributed by atoms with Gasteiger partial charge in [-0.05, 0) is 83.6 Å². The zero-order valence-electron chi connectivity index (χ0n) is 24.3. The number of amidine groups is 2. The van der Waals surface area contributed by atoms with Gasteiger partial charge in [0.15, 0.2) is 5.84 Å². The van der Waals surface area contributed by atoms with Gasteiger partial charge in [-0.2, -0.15) is 0 Å². The molecule has 0 aromatic heterocycles. The summed E-state index contributed by atoms with van der Waals surface area (Å²) in [7, 11) is 0. The van der Waals surface area contributed by atoms with E-state index in [1.165, 1.54) is 46.2 Å². The van der Waals surface area contributed by atoms with Gasteiger partial charge in [-0.25, -0.2) is 9.98 Å². The van der Waals surface area contributed by atoms with E-state index in [4.69, 9.17) is 9.98 Å². The molecule has 3 heteroatoms. The van der Waals surface area contributed by atoms with E-state index in [0.29, 0.717) is 11.8 Å². The van der Waals surface area contributed by atoms with Gasteiger partial charge in [0.25, 0.3) is 0 Å². The lowest BCUT2D eigenvalue weighted by molar-refractivity contribution is 0.444. The van der Waals surface area contributed by atoms with E-state index in [2.05, 4.69) is 121 Å². The molecule has 4 atom stereocenters. The average molecular weight is 558 g/mol. The molecule has 1 heterocycles. The molecule has 1 N–H and O–H groups in total. The minimum atomic E-state index is -0.168. The highest BCUT2D eigenvalue weighted by Gasteiger charge is 2.57. The van der Waals surface area contributed by atoms with Crippen molar-refractivity contribution >= 4 is 17.2 Å². The summed E-state index contributed by atoms with van der Waals surface area (Å²) in [5.41, 5.74) is 12.2. The Hall–Kier alpha value is -4.50. The molecule has 0 fully saturated rings. The summed E-state index contributed by atoms with van der Waals surface area (Å²) in [6.45, 7) is 0. The molecule has 6 aliphatic rings. The van der Waals surface area contributed by atoms with E-state index < -0.39 is 0 Å². The minimum Gasteiger partial charge on any atom is -0.344 e. The highest BCUT2D eigenvalue weighted by atomic mass is 15.2. The SMILES string of the molecule is C1=CC2c3ccc(C4=NC(C5=CCCCC5)NC(c5ccccc5)=N4)cc3C3(C4=C(C=CCC4)c4ccccc43)C2C=C1. The lowest BCUT2D eigenvalue weighted by atomic mass is 9.63. The first-order chi connectivity index (χ1) is 21.3. The van der Waals surface area contributed by atoms with Gasteiger partial charge in [0.1, 0.15) is 12.0 Å². The van der Waals surface area contributed by atoms with Crippen LogP contribution in [0.4, 0.5) is 0 Å². The Kier molecular flexibility index (Phi) is 5.69. The van der Waals surface area contributed by atoms with Crippen molar-refractivity contribution in [2.24, 2.45) is 15.9 Å². The van der Waals surface area contributed by atoms with Crippen molar-refractivity contribution in [1.29, 1.82) is 0 Å². The van der Waals surface area contributed by atoms with E-state index in [0.717, 1.165) is 48.5 Å². The second-order valence-corrected chi connectivity index (χ2v) is 12.7. The molecule has 5 aliphatic carbocycles. The van der Waals surface area contributed by atoms with Crippen LogP contribution in [0, 0.1) is 5.92 Å². The number of hydrogen-bond acceptors (Lipinski definition) is 3. The van der Waals surface area contributed by atoms with E-state index in [-0.39, 0.29) is 11.6 Å². The third-order valence-corrected chi connectivity index (χ3v) is 10.5. The molecule has 0 saturated heterocycles. The van der Waals surface area contributed by atoms with Crippen molar-refractivity contribution in [3.8, 4) is 0 Å². The predicted molar refractivity (Wildman–Crippen MR) is 176 cm³/mol. The zero-order valence-corrected chi connectivity index (χ0v) is 24.3. The van der Waals surface area contributed by atoms with Crippen molar-refractivity contribution in [1.82, 2.24) is 5.32 Å². The van der Waals surface area contributed by atoms with Crippen LogP contribution in [-0.2, 0) is 5.41 Å². The molecule has 1 spiro atoms. The highest BCUT2D eigenvalue weighted by Crippen LogP contribution is 2.65. The van der Waals surface area contributed by atoms with Crippen LogP contribution in [-0.4, -0.2) is 17.8 Å². The maximum atomic E-state index is 5.31. The summed E-state index contributed by atoms with van der Waals surface area (Å²) in [4.78, 5) is 10.5. The molecular weight excluding hydrogens is 522 g/mol. The van der Waals surface area contributed by atoms with Gasteiger partial charge < -0.3 is 5.32 Å². The van der Waals surface area contributed by atoms with Crippen LogP contribution < -0.4 is 5.32 Å². The van der Waals surface area contributed by atoms with Gasteiger partial charge in [-0.3, -0.25) is 0 Å². The molecule has 0 radical (unpaired) electrons. The standard InChI is InChI=1S/C40H35N3/c1-3-13-26(14-4-1)37-41-38(27-15-5-2-6-16-27)43-39(42-37)28-23-24-32-31-19-9-12-22-35(31)40(36(32)25-28)33-20-10-7-17-29(33)30-18-8-11-21-34(30)40/h1,3-4,7-10,12-15,17-20,22-25,31,35,38H,2,5-6,11,16,21H2,(H,41,42,43). The van der Waals surface area contributed by atoms with Crippen LogP contribution in [0.25, 0.3) is 5.57 Å². The molecule has 1 aliphatic heterocycles. The first-order valence-electron chi connectivity index (χ1n) is 16.0. The number of nitrogens with one attached hydrogen (secondary N) is 1. The Morgan fingerprint density at radius 1 is 0.791 bits per heavy atom.